The number of amides is 2. The van der Waals surface area contributed by atoms with Crippen molar-refractivity contribution in [3.8, 4) is 0 Å². The molecule has 0 spiro atoms. The van der Waals surface area contributed by atoms with Crippen molar-refractivity contribution in [2.75, 3.05) is 19.6 Å². The second kappa shape index (κ2) is 16.5. The number of hydrogen-bond donors (Lipinski definition) is 4. The summed E-state index contributed by atoms with van der Waals surface area (Å²) in [6, 6.07) is 12.6. The number of nitrogens with two attached hydrogens (primary N) is 1. The van der Waals surface area contributed by atoms with E-state index in [-0.39, 0.29) is 41.7 Å². The van der Waals surface area contributed by atoms with Crippen LogP contribution in [0.2, 0.25) is 0 Å². The number of alkyl halides is 2. The number of hydrogen-bond acceptors (Lipinski definition) is 7. The molecule has 5 N–H and O–H groups in total. The van der Waals surface area contributed by atoms with Gasteiger partial charge in [0.15, 0.2) is 0 Å². The van der Waals surface area contributed by atoms with Gasteiger partial charge in [-0.2, -0.15) is 0 Å². The molecule has 3 aromatic rings. The van der Waals surface area contributed by atoms with Crippen molar-refractivity contribution in [1.82, 2.24) is 20.5 Å². The smallest absolute Gasteiger partial charge is 0.254 e. The number of carbonyl (C=O) groups excluding carboxylic acids is 2. The van der Waals surface area contributed by atoms with E-state index < -0.39 is 30.4 Å². The molecule has 1 aliphatic heterocycles. The molecule has 11 heteroatoms. The van der Waals surface area contributed by atoms with Gasteiger partial charge in [-0.15, -0.1) is 0 Å². The lowest BCUT2D eigenvalue weighted by molar-refractivity contribution is 0.0715. The zero-order valence-electron chi connectivity index (χ0n) is 27.7. The van der Waals surface area contributed by atoms with E-state index in [9.17, 15) is 23.5 Å². The number of carbonyl (C=O) groups is 2. The summed E-state index contributed by atoms with van der Waals surface area (Å²) in [7, 11) is 0. The van der Waals surface area contributed by atoms with Gasteiger partial charge in [0.1, 0.15) is 24.6 Å². The molecule has 4 rings (SSSR count). The molecule has 0 radical (unpaired) electrons. The Kier molecular flexibility index (Phi) is 12.4. The summed E-state index contributed by atoms with van der Waals surface area (Å²) in [5.74, 6) is -0.468. The summed E-state index contributed by atoms with van der Waals surface area (Å²) in [6.07, 6.45) is 6.59. The number of aliphatic hydroxyl groups is 1. The molecule has 1 aromatic heterocycles. The Morgan fingerprint density at radius 1 is 1.21 bits per heavy atom. The molecule has 2 heterocycles. The average molecular weight is 662 g/mol. The van der Waals surface area contributed by atoms with Crippen LogP contribution in [0.4, 0.5) is 8.78 Å². The van der Waals surface area contributed by atoms with Gasteiger partial charge in [-0.05, 0) is 92.8 Å². The highest BCUT2D eigenvalue weighted by molar-refractivity contribution is 6.00. The number of nitrogens with zero attached hydrogens (tertiary/aromatic N) is 2. The Labute approximate surface area is 280 Å². The van der Waals surface area contributed by atoms with Crippen LogP contribution in [0, 0.1) is 6.92 Å². The molecule has 48 heavy (non-hydrogen) atoms. The van der Waals surface area contributed by atoms with Gasteiger partial charge in [-0.25, -0.2) is 13.8 Å². The quantitative estimate of drug-likeness (QED) is 0.160. The van der Waals surface area contributed by atoms with E-state index >= 15 is 0 Å². The van der Waals surface area contributed by atoms with Crippen LogP contribution in [0.1, 0.15) is 76.2 Å². The van der Waals surface area contributed by atoms with Gasteiger partial charge in [0, 0.05) is 30.8 Å². The number of aliphatic hydroxyl groups excluding tert-OH is 1. The molecule has 0 bridgehead atoms. The van der Waals surface area contributed by atoms with Crippen molar-refractivity contribution < 1.29 is 27.9 Å². The molecule has 0 saturated carbocycles. The Morgan fingerprint density at radius 3 is 2.56 bits per heavy atom. The zero-order valence-corrected chi connectivity index (χ0v) is 27.7. The lowest BCUT2D eigenvalue weighted by Crippen LogP contribution is -2.49. The minimum Gasteiger partial charge on any atom is -0.446 e. The number of halogens is 2. The van der Waals surface area contributed by atoms with Gasteiger partial charge < -0.3 is 30.8 Å². The summed E-state index contributed by atoms with van der Waals surface area (Å²) in [5, 5.41) is 17.3. The fourth-order valence-electron chi connectivity index (χ4n) is 5.72. The van der Waals surface area contributed by atoms with Crippen LogP contribution in [-0.4, -0.2) is 64.3 Å². The molecule has 9 nitrogen and oxygen atoms in total. The Bertz CT molecular complexity index is 1630. The van der Waals surface area contributed by atoms with E-state index in [0.29, 0.717) is 42.1 Å². The summed E-state index contributed by atoms with van der Waals surface area (Å²) in [5.41, 5.74) is 7.15. The molecule has 0 aliphatic carbocycles. The van der Waals surface area contributed by atoms with E-state index in [1.165, 1.54) is 50.6 Å². The van der Waals surface area contributed by atoms with Crippen molar-refractivity contribution in [1.29, 1.82) is 0 Å². The predicted molar refractivity (Wildman–Crippen MR) is 182 cm³/mol. The van der Waals surface area contributed by atoms with Crippen molar-refractivity contribution >= 4 is 11.8 Å². The fourth-order valence-corrected chi connectivity index (χ4v) is 5.72. The van der Waals surface area contributed by atoms with Crippen LogP contribution >= 0.6 is 0 Å². The van der Waals surface area contributed by atoms with E-state index in [1.807, 2.05) is 37.3 Å². The van der Waals surface area contributed by atoms with Gasteiger partial charge in [-0.3, -0.25) is 9.59 Å². The second-order valence-electron chi connectivity index (χ2n) is 12.5. The summed E-state index contributed by atoms with van der Waals surface area (Å²) in [6.45, 7) is 8.22. The van der Waals surface area contributed by atoms with E-state index in [0.717, 1.165) is 12.0 Å². The molecular formula is C37H45F2N5O4. The van der Waals surface area contributed by atoms with Crippen molar-refractivity contribution in [2.24, 2.45) is 5.73 Å². The topological polar surface area (TPSA) is 134 Å². The third-order valence-corrected chi connectivity index (χ3v) is 8.32. The van der Waals surface area contributed by atoms with Gasteiger partial charge in [0.25, 0.3) is 11.8 Å². The lowest BCUT2D eigenvalue weighted by Gasteiger charge is -2.26. The van der Waals surface area contributed by atoms with Crippen LogP contribution in [-0.2, 0) is 13.1 Å². The third kappa shape index (κ3) is 9.48. The highest BCUT2D eigenvalue weighted by Gasteiger charge is 2.34. The Morgan fingerprint density at radius 2 is 1.94 bits per heavy atom. The monoisotopic (exact) mass is 661 g/mol. The van der Waals surface area contributed by atoms with Gasteiger partial charge in [0.2, 0.25) is 5.89 Å². The first-order valence-electron chi connectivity index (χ1n) is 16.0. The normalized spacial score (nSPS) is 16.9. The van der Waals surface area contributed by atoms with E-state index in [1.54, 1.807) is 11.0 Å². The molecule has 1 saturated heterocycles. The van der Waals surface area contributed by atoms with E-state index in [4.69, 9.17) is 10.2 Å². The first kappa shape index (κ1) is 36.2. The number of nitrogens with one attached hydrogen (secondary N) is 2. The van der Waals surface area contributed by atoms with Crippen LogP contribution in [0.25, 0.3) is 0 Å². The van der Waals surface area contributed by atoms with Crippen molar-refractivity contribution in [2.45, 2.75) is 70.6 Å². The molecule has 1 fully saturated rings. The minimum atomic E-state index is -1.61. The first-order chi connectivity index (χ1) is 22.9. The number of benzene rings is 2. The minimum absolute atomic E-state index is 0.0658. The number of aromatic nitrogens is 1. The number of aryl methyl sites for hydroxylation is 1. The Hall–Kier alpha value is -4.61. The van der Waals surface area contributed by atoms with Gasteiger partial charge in [-0.1, -0.05) is 43.0 Å². The number of oxazole rings is 1. The SMILES string of the molecule is C=C/C(=C\C(=C/N)CNC[C@@H](O)[C@H](Cc1ccccc1)NC(=O)c1cc(CF)cc(C(=O)N2CCC[C@@H]2c2nc(C)co2)c1)C(C)(C)F. The molecule has 3 atom stereocenters. The standard InChI is InChI=1S/C37H45F2N5O4/c1-5-30(37(3,4)39)16-27(20-40)21-41-22-33(45)31(17-25-10-7-6-8-11-25)43-34(46)28-14-26(19-38)15-29(18-28)36(47)44-13-9-12-32(44)35-42-24(2)23-48-35/h5-8,10-11,14-16,18,20,23,31-33,41,45H,1,9,12-13,17,19,21-22,40H2,2-4H3,(H,43,46)/b27-20+,30-16+/t31-,32+,33+/m0/s1. The number of allylic oxidation sites excluding steroid dienone is 2. The van der Waals surface area contributed by atoms with Crippen LogP contribution in [0.15, 0.2) is 95.3 Å². The molecule has 256 valence electrons. The summed E-state index contributed by atoms with van der Waals surface area (Å²) in [4.78, 5) is 33.4. The molecular weight excluding hydrogens is 616 g/mol. The zero-order chi connectivity index (χ0) is 34.8. The lowest BCUT2D eigenvalue weighted by atomic mass is 9.97. The van der Waals surface area contributed by atoms with Crippen LogP contribution in [0.3, 0.4) is 0 Å². The largest absolute Gasteiger partial charge is 0.446 e. The molecule has 1 aliphatic rings. The maximum absolute atomic E-state index is 14.5. The molecule has 2 amide bonds. The average Bonchev–Trinajstić information content (AvgIpc) is 3.74. The van der Waals surface area contributed by atoms with Gasteiger partial charge in [0.05, 0.1) is 17.8 Å². The third-order valence-electron chi connectivity index (χ3n) is 8.32. The second-order valence-corrected chi connectivity index (χ2v) is 12.5. The Balaban J connectivity index is 1.52. The van der Waals surface area contributed by atoms with Gasteiger partial charge >= 0.3 is 0 Å². The van der Waals surface area contributed by atoms with E-state index in [2.05, 4.69) is 22.2 Å². The maximum Gasteiger partial charge on any atom is 0.254 e. The summed E-state index contributed by atoms with van der Waals surface area (Å²) >= 11 is 0. The predicted octanol–water partition coefficient (Wildman–Crippen LogP) is 5.42. The number of likely N-dealkylation sites (tertiary alicyclic amines) is 1. The molecule has 0 unspecified atom stereocenters. The highest BCUT2D eigenvalue weighted by atomic mass is 19.1. The number of rotatable bonds is 15. The summed E-state index contributed by atoms with van der Waals surface area (Å²) < 4.78 is 34.1. The van der Waals surface area contributed by atoms with Crippen molar-refractivity contribution in [3.63, 3.8) is 0 Å². The van der Waals surface area contributed by atoms with Crippen molar-refractivity contribution in [3.05, 3.63) is 125 Å². The van der Waals surface area contributed by atoms with Crippen LogP contribution < -0.4 is 16.4 Å². The maximum atomic E-state index is 14.5. The highest BCUT2D eigenvalue weighted by Crippen LogP contribution is 2.33. The first-order valence-corrected chi connectivity index (χ1v) is 16.0. The fraction of sp³-hybridized carbons (Fsp3) is 0.378. The van der Waals surface area contributed by atoms with Crippen LogP contribution in [0.5, 0.6) is 0 Å². The molecule has 2 aromatic carbocycles.